The predicted octanol–water partition coefficient (Wildman–Crippen LogP) is 1.87. The first-order valence-corrected chi connectivity index (χ1v) is 7.36. The Balaban J connectivity index is 2.55. The Morgan fingerprint density at radius 1 is 1.50 bits per heavy atom. The smallest absolute Gasteiger partial charge is 0.351 e. The lowest BCUT2D eigenvalue weighted by Gasteiger charge is -2.23. The number of hydrogen-bond acceptors (Lipinski definition) is 5. The van der Waals surface area contributed by atoms with Crippen molar-refractivity contribution in [1.82, 2.24) is 5.32 Å². The molecule has 2 atom stereocenters. The normalized spacial score (nSPS) is 21.9. The molecule has 7 heteroatoms. The molecule has 0 aromatic heterocycles. The van der Waals surface area contributed by atoms with E-state index in [-0.39, 0.29) is 37.7 Å². The lowest BCUT2D eigenvalue weighted by molar-refractivity contribution is -0.120. The second kappa shape index (κ2) is 7.04. The highest BCUT2D eigenvalue weighted by molar-refractivity contribution is 7.48. The molecule has 1 amide bonds. The molecule has 0 aromatic carbocycles. The Morgan fingerprint density at radius 2 is 2.11 bits per heavy atom. The Labute approximate surface area is 107 Å². The van der Waals surface area contributed by atoms with Crippen LogP contribution in [0.25, 0.3) is 0 Å². The lowest BCUT2D eigenvalue weighted by Crippen LogP contribution is -2.40. The second-order valence-corrected chi connectivity index (χ2v) is 5.77. The summed E-state index contributed by atoms with van der Waals surface area (Å²) >= 11 is 0. The number of carbonyl (C=O) groups is 1. The molecule has 6 nitrogen and oxygen atoms in total. The first-order chi connectivity index (χ1) is 8.47. The van der Waals surface area contributed by atoms with Gasteiger partial charge in [0.25, 0.3) is 0 Å². The minimum absolute atomic E-state index is 0.0631. The minimum atomic E-state index is -3.40. The van der Waals surface area contributed by atoms with Crippen LogP contribution >= 0.6 is 7.82 Å². The van der Waals surface area contributed by atoms with Crippen molar-refractivity contribution >= 4 is 13.7 Å². The number of rotatable bonds is 6. The maximum Gasteiger partial charge on any atom is 0.475 e. The fourth-order valence-electron chi connectivity index (χ4n) is 1.61. The summed E-state index contributed by atoms with van der Waals surface area (Å²) in [6.07, 6.45) is 3.83. The van der Waals surface area contributed by atoms with Gasteiger partial charge in [0, 0.05) is 6.92 Å². The van der Waals surface area contributed by atoms with Gasteiger partial charge in [0.2, 0.25) is 5.91 Å². The van der Waals surface area contributed by atoms with Gasteiger partial charge in [-0.2, -0.15) is 0 Å². The maximum absolute atomic E-state index is 11.8. The number of amides is 1. The van der Waals surface area contributed by atoms with E-state index in [1.54, 1.807) is 0 Å². The van der Waals surface area contributed by atoms with Crippen molar-refractivity contribution in [3.05, 3.63) is 12.2 Å². The summed E-state index contributed by atoms with van der Waals surface area (Å²) in [6, 6.07) is -0.266. The predicted molar refractivity (Wildman–Crippen MR) is 67.0 cm³/mol. The van der Waals surface area contributed by atoms with Gasteiger partial charge in [-0.15, -0.1) is 0 Å². The summed E-state index contributed by atoms with van der Waals surface area (Å²) in [5.41, 5.74) is 0. The van der Waals surface area contributed by atoms with Crippen LogP contribution in [0.5, 0.6) is 0 Å². The molecule has 0 radical (unpaired) electrons. The summed E-state index contributed by atoms with van der Waals surface area (Å²) in [4.78, 5) is 11.1. The first kappa shape index (κ1) is 15.4. The molecule has 1 N–H and O–H groups in total. The Kier molecular flexibility index (Phi) is 6.02. The summed E-state index contributed by atoms with van der Waals surface area (Å²) < 4.78 is 26.8. The van der Waals surface area contributed by atoms with Gasteiger partial charge in [-0.05, 0) is 12.8 Å². The number of allylic oxidation sites excluding steroid dienone is 1. The average molecular weight is 277 g/mol. The highest BCUT2D eigenvalue weighted by Crippen LogP contribution is 2.52. The highest BCUT2D eigenvalue weighted by atomic mass is 31.2. The molecule has 0 unspecified atom stereocenters. The number of carbonyl (C=O) groups excluding carboxylic acids is 1. The quantitative estimate of drug-likeness (QED) is 0.592. The van der Waals surface area contributed by atoms with Gasteiger partial charge in [0.1, 0.15) is 0 Å². The maximum atomic E-state index is 11.8. The molecule has 0 saturated carbocycles. The van der Waals surface area contributed by atoms with Gasteiger partial charge < -0.3 is 5.32 Å². The van der Waals surface area contributed by atoms with Gasteiger partial charge in [0.15, 0.2) is 0 Å². The Bertz CT molecular complexity index is 347. The van der Waals surface area contributed by atoms with Crippen LogP contribution in [0, 0.1) is 5.92 Å². The largest absolute Gasteiger partial charge is 0.475 e. The molecule has 104 valence electrons. The molecule has 1 aliphatic rings. The zero-order chi connectivity index (χ0) is 13.6. The SMILES string of the molecule is C/C=C/[C@@H](C)[C@H](COP1(=O)OCCO1)NC(C)=O. The summed E-state index contributed by atoms with van der Waals surface area (Å²) in [6.45, 7) is 5.89. The topological polar surface area (TPSA) is 73.9 Å². The third-order valence-electron chi connectivity index (χ3n) is 2.51. The Hall–Kier alpha value is -0.680. The summed E-state index contributed by atoms with van der Waals surface area (Å²) in [5.74, 6) is -0.0976. The van der Waals surface area contributed by atoms with E-state index < -0.39 is 7.82 Å². The van der Waals surface area contributed by atoms with E-state index in [4.69, 9.17) is 13.6 Å². The van der Waals surface area contributed by atoms with E-state index in [0.29, 0.717) is 0 Å². The Morgan fingerprint density at radius 3 is 2.61 bits per heavy atom. The first-order valence-electron chi connectivity index (χ1n) is 5.90. The van der Waals surface area contributed by atoms with Crippen LogP contribution < -0.4 is 5.32 Å². The standard InChI is InChI=1S/C11H20NO5P/c1-4-5-9(2)11(12-10(3)13)8-17-18(14)15-6-7-16-18/h4-5,9,11H,6-8H2,1-3H3,(H,12,13)/b5-4+/t9-,11+/m1/s1. The van der Waals surface area contributed by atoms with E-state index in [1.807, 2.05) is 26.0 Å². The zero-order valence-corrected chi connectivity index (χ0v) is 11.8. The third kappa shape index (κ3) is 4.90. The van der Waals surface area contributed by atoms with E-state index >= 15 is 0 Å². The molecule has 0 bridgehead atoms. The van der Waals surface area contributed by atoms with Crippen molar-refractivity contribution in [2.75, 3.05) is 19.8 Å². The number of hydrogen-bond donors (Lipinski definition) is 1. The van der Waals surface area contributed by atoms with Gasteiger partial charge in [0.05, 0.1) is 25.9 Å². The molecule has 18 heavy (non-hydrogen) atoms. The molecule has 0 aliphatic carbocycles. The number of phosphoric ester groups is 1. The van der Waals surface area contributed by atoms with E-state index in [2.05, 4.69) is 5.32 Å². The molecule has 0 spiro atoms. The third-order valence-corrected chi connectivity index (χ3v) is 3.98. The van der Waals surface area contributed by atoms with Gasteiger partial charge in [-0.1, -0.05) is 19.1 Å². The van der Waals surface area contributed by atoms with Crippen LogP contribution in [-0.2, 0) is 22.9 Å². The van der Waals surface area contributed by atoms with E-state index in [9.17, 15) is 9.36 Å². The van der Waals surface area contributed by atoms with Gasteiger partial charge in [-0.25, -0.2) is 4.57 Å². The fraction of sp³-hybridized carbons (Fsp3) is 0.727. The molecule has 1 fully saturated rings. The van der Waals surface area contributed by atoms with Gasteiger partial charge in [-0.3, -0.25) is 18.4 Å². The molecule has 1 saturated heterocycles. The molecule has 0 aromatic rings. The molecular formula is C11H20NO5P. The van der Waals surface area contributed by atoms with E-state index in [0.717, 1.165) is 0 Å². The van der Waals surface area contributed by atoms with Crippen molar-refractivity contribution in [3.8, 4) is 0 Å². The highest BCUT2D eigenvalue weighted by Gasteiger charge is 2.33. The van der Waals surface area contributed by atoms with Crippen LogP contribution in [0.2, 0.25) is 0 Å². The van der Waals surface area contributed by atoms with Crippen LogP contribution in [0.1, 0.15) is 20.8 Å². The van der Waals surface area contributed by atoms with Crippen molar-refractivity contribution in [3.63, 3.8) is 0 Å². The second-order valence-electron chi connectivity index (χ2n) is 4.10. The lowest BCUT2D eigenvalue weighted by atomic mass is 10.0. The summed E-state index contributed by atoms with van der Waals surface area (Å²) in [5, 5.41) is 2.76. The van der Waals surface area contributed by atoms with Crippen LogP contribution in [0.3, 0.4) is 0 Å². The molecule has 1 aliphatic heterocycles. The van der Waals surface area contributed by atoms with Crippen molar-refractivity contribution < 1.29 is 22.9 Å². The molecule has 1 heterocycles. The van der Waals surface area contributed by atoms with Crippen LogP contribution in [0.15, 0.2) is 12.2 Å². The number of nitrogens with one attached hydrogen (secondary N) is 1. The van der Waals surface area contributed by atoms with E-state index in [1.165, 1.54) is 6.92 Å². The van der Waals surface area contributed by atoms with Crippen molar-refractivity contribution in [2.24, 2.45) is 5.92 Å². The molecular weight excluding hydrogens is 257 g/mol. The summed E-state index contributed by atoms with van der Waals surface area (Å²) in [7, 11) is -3.40. The fourth-order valence-corrected chi connectivity index (χ4v) is 2.77. The molecule has 1 rings (SSSR count). The van der Waals surface area contributed by atoms with Crippen molar-refractivity contribution in [2.45, 2.75) is 26.8 Å². The average Bonchev–Trinajstić information content (AvgIpc) is 2.72. The van der Waals surface area contributed by atoms with Crippen LogP contribution in [-0.4, -0.2) is 31.8 Å². The van der Waals surface area contributed by atoms with Gasteiger partial charge >= 0.3 is 7.82 Å². The minimum Gasteiger partial charge on any atom is -0.351 e. The zero-order valence-electron chi connectivity index (χ0n) is 10.9. The van der Waals surface area contributed by atoms with Crippen molar-refractivity contribution in [1.29, 1.82) is 0 Å². The monoisotopic (exact) mass is 277 g/mol. The number of phosphoric acid groups is 1. The van der Waals surface area contributed by atoms with Crippen LogP contribution in [0.4, 0.5) is 0 Å².